The summed E-state index contributed by atoms with van der Waals surface area (Å²) >= 11 is 0. The molecule has 1 N–H and O–H groups in total. The summed E-state index contributed by atoms with van der Waals surface area (Å²) < 4.78 is 44.5. The van der Waals surface area contributed by atoms with E-state index in [-0.39, 0.29) is 17.6 Å². The van der Waals surface area contributed by atoms with E-state index < -0.39 is 11.7 Å². The summed E-state index contributed by atoms with van der Waals surface area (Å²) in [6.45, 7) is 5.07. The van der Waals surface area contributed by atoms with Crippen LogP contribution in [0.5, 0.6) is 0 Å². The largest absolute Gasteiger partial charge is 0.416 e. The molecule has 0 spiro atoms. The molecule has 1 atom stereocenters. The van der Waals surface area contributed by atoms with Crippen molar-refractivity contribution in [2.75, 3.05) is 49.6 Å². The van der Waals surface area contributed by atoms with E-state index in [9.17, 15) is 18.0 Å². The second-order valence-corrected chi connectivity index (χ2v) is 7.58. The van der Waals surface area contributed by atoms with Gasteiger partial charge in [-0.2, -0.15) is 18.2 Å². The highest BCUT2D eigenvalue weighted by Gasteiger charge is 2.31. The Labute approximate surface area is 177 Å². The number of aromatic nitrogens is 3. The van der Waals surface area contributed by atoms with Crippen molar-refractivity contribution < 1.29 is 22.7 Å². The minimum absolute atomic E-state index is 0.0106. The van der Waals surface area contributed by atoms with Gasteiger partial charge in [-0.05, 0) is 18.6 Å². The molecule has 2 aromatic heterocycles. The summed E-state index contributed by atoms with van der Waals surface area (Å²) in [5.41, 5.74) is -0.0460. The first-order chi connectivity index (χ1) is 14.8. The minimum Gasteiger partial charge on any atom is -0.378 e. The first-order valence-corrected chi connectivity index (χ1v) is 10.1. The number of nitrogens with zero attached hydrogens (tertiary/aromatic N) is 5. The number of nitrogens with one attached hydrogen (secondary N) is 1. The lowest BCUT2D eigenvalue weighted by atomic mass is 10.0. The molecule has 8 nitrogen and oxygen atoms in total. The zero-order chi connectivity index (χ0) is 22.0. The Kier molecular flexibility index (Phi) is 5.94. The number of likely N-dealkylation sites (tertiary alicyclic amines) is 1. The van der Waals surface area contributed by atoms with Gasteiger partial charge in [0.1, 0.15) is 11.6 Å². The molecule has 0 aromatic carbocycles. The van der Waals surface area contributed by atoms with Gasteiger partial charge in [0.2, 0.25) is 11.9 Å². The lowest BCUT2D eigenvalue weighted by Crippen LogP contribution is -2.37. The van der Waals surface area contributed by atoms with Crippen molar-refractivity contribution in [2.24, 2.45) is 0 Å². The van der Waals surface area contributed by atoms with E-state index in [0.717, 1.165) is 30.4 Å². The zero-order valence-electron chi connectivity index (χ0n) is 17.0. The molecule has 1 amide bonds. The fourth-order valence-electron chi connectivity index (χ4n) is 3.72. The van der Waals surface area contributed by atoms with Crippen LogP contribution in [-0.2, 0) is 15.7 Å². The monoisotopic (exact) mass is 436 g/mol. The molecule has 2 saturated heterocycles. The lowest BCUT2D eigenvalue weighted by molar-refractivity contribution is -0.137. The molecule has 2 fully saturated rings. The van der Waals surface area contributed by atoms with Crippen LogP contribution in [-0.4, -0.2) is 65.2 Å². The van der Waals surface area contributed by atoms with Gasteiger partial charge < -0.3 is 19.9 Å². The quantitative estimate of drug-likeness (QED) is 0.789. The molecule has 0 bridgehead atoms. The molecule has 0 radical (unpaired) electrons. The molecule has 1 unspecified atom stereocenters. The topological polar surface area (TPSA) is 83.5 Å². The number of carbonyl (C=O) groups excluding carboxylic acids is 1. The van der Waals surface area contributed by atoms with Crippen molar-refractivity contribution in [3.8, 4) is 0 Å². The van der Waals surface area contributed by atoms with E-state index in [1.807, 2.05) is 4.90 Å². The molecule has 2 aromatic rings. The average Bonchev–Trinajstić information content (AvgIpc) is 3.25. The predicted molar refractivity (Wildman–Crippen MR) is 107 cm³/mol. The van der Waals surface area contributed by atoms with Crippen molar-refractivity contribution in [1.29, 1.82) is 0 Å². The SMILES string of the molecule is CC(=O)N1CCC(c2cc(Nc3cc(C(F)(F)F)ccn3)nc(N3CCOCC3)n2)C1. The molecular weight excluding hydrogens is 413 g/mol. The van der Waals surface area contributed by atoms with Crippen LogP contribution < -0.4 is 10.2 Å². The summed E-state index contributed by atoms with van der Waals surface area (Å²) in [5.74, 6) is 0.929. The Balaban J connectivity index is 1.64. The van der Waals surface area contributed by atoms with Crippen LogP contribution in [0.3, 0.4) is 0 Å². The Morgan fingerprint density at radius 2 is 1.94 bits per heavy atom. The summed E-state index contributed by atoms with van der Waals surface area (Å²) in [7, 11) is 0. The normalized spacial score (nSPS) is 19.5. The van der Waals surface area contributed by atoms with E-state index in [0.29, 0.717) is 51.2 Å². The molecule has 2 aliphatic rings. The Morgan fingerprint density at radius 1 is 1.16 bits per heavy atom. The third-order valence-corrected chi connectivity index (χ3v) is 5.42. The Hall–Kier alpha value is -2.95. The average molecular weight is 436 g/mol. The molecule has 31 heavy (non-hydrogen) atoms. The number of morpholine rings is 1. The number of ether oxygens (including phenoxy) is 1. The molecule has 4 rings (SSSR count). The van der Waals surface area contributed by atoms with Crippen LogP contribution in [0.4, 0.5) is 30.8 Å². The van der Waals surface area contributed by atoms with Gasteiger partial charge in [0.25, 0.3) is 0 Å². The number of rotatable bonds is 4. The number of alkyl halides is 3. The maximum absolute atomic E-state index is 13.1. The molecule has 166 valence electrons. The van der Waals surface area contributed by atoms with E-state index in [1.54, 1.807) is 11.0 Å². The van der Waals surface area contributed by atoms with Gasteiger partial charge in [-0.25, -0.2) is 9.97 Å². The summed E-state index contributed by atoms with van der Waals surface area (Å²) in [5, 5.41) is 2.89. The third kappa shape index (κ3) is 5.04. The highest BCUT2D eigenvalue weighted by atomic mass is 19.4. The number of anilines is 3. The summed E-state index contributed by atoms with van der Waals surface area (Å²) in [4.78, 5) is 28.7. The van der Waals surface area contributed by atoms with Crippen LogP contribution in [0.15, 0.2) is 24.4 Å². The first kappa shape index (κ1) is 21.3. The highest BCUT2D eigenvalue weighted by Crippen LogP contribution is 2.32. The van der Waals surface area contributed by atoms with E-state index >= 15 is 0 Å². The van der Waals surface area contributed by atoms with Crippen LogP contribution in [0, 0.1) is 0 Å². The smallest absolute Gasteiger partial charge is 0.378 e. The van der Waals surface area contributed by atoms with Crippen molar-refractivity contribution in [3.05, 3.63) is 35.7 Å². The second kappa shape index (κ2) is 8.66. The van der Waals surface area contributed by atoms with Gasteiger partial charge in [-0.1, -0.05) is 0 Å². The number of carbonyl (C=O) groups is 1. The Bertz CT molecular complexity index is 949. The van der Waals surface area contributed by atoms with Crippen LogP contribution in [0.25, 0.3) is 0 Å². The van der Waals surface area contributed by atoms with Crippen LogP contribution in [0.1, 0.15) is 30.5 Å². The van der Waals surface area contributed by atoms with Gasteiger partial charge in [-0.3, -0.25) is 4.79 Å². The first-order valence-electron chi connectivity index (χ1n) is 10.1. The van der Waals surface area contributed by atoms with Crippen molar-refractivity contribution >= 4 is 23.5 Å². The minimum atomic E-state index is -4.46. The number of amides is 1. The highest BCUT2D eigenvalue weighted by molar-refractivity contribution is 5.73. The molecule has 4 heterocycles. The molecule has 0 aliphatic carbocycles. The fourth-order valence-corrected chi connectivity index (χ4v) is 3.72. The molecule has 2 aliphatic heterocycles. The Morgan fingerprint density at radius 3 is 2.61 bits per heavy atom. The number of hydrogen-bond acceptors (Lipinski definition) is 7. The maximum atomic E-state index is 13.1. The maximum Gasteiger partial charge on any atom is 0.416 e. The van der Waals surface area contributed by atoms with Gasteiger partial charge in [0.15, 0.2) is 0 Å². The van der Waals surface area contributed by atoms with Gasteiger partial charge in [0.05, 0.1) is 24.5 Å². The van der Waals surface area contributed by atoms with E-state index in [4.69, 9.17) is 9.72 Å². The molecule has 0 saturated carbocycles. The van der Waals surface area contributed by atoms with Crippen molar-refractivity contribution in [1.82, 2.24) is 19.9 Å². The fraction of sp³-hybridized carbons (Fsp3) is 0.500. The number of halogens is 3. The van der Waals surface area contributed by atoms with Gasteiger partial charge in [-0.15, -0.1) is 0 Å². The zero-order valence-corrected chi connectivity index (χ0v) is 17.0. The lowest BCUT2D eigenvalue weighted by Gasteiger charge is -2.28. The van der Waals surface area contributed by atoms with Crippen molar-refractivity contribution in [2.45, 2.75) is 25.4 Å². The predicted octanol–water partition coefficient (Wildman–Crippen LogP) is 2.81. The van der Waals surface area contributed by atoms with E-state index in [2.05, 4.69) is 15.3 Å². The van der Waals surface area contributed by atoms with Crippen LogP contribution >= 0.6 is 0 Å². The summed E-state index contributed by atoms with van der Waals surface area (Å²) in [6.07, 6.45) is -2.59. The van der Waals surface area contributed by atoms with Gasteiger partial charge in [0, 0.05) is 51.3 Å². The van der Waals surface area contributed by atoms with Crippen molar-refractivity contribution in [3.63, 3.8) is 0 Å². The molecular formula is C20H23F3N6O2. The number of pyridine rings is 1. The summed E-state index contributed by atoms with van der Waals surface area (Å²) in [6, 6.07) is 3.59. The van der Waals surface area contributed by atoms with Crippen LogP contribution in [0.2, 0.25) is 0 Å². The second-order valence-electron chi connectivity index (χ2n) is 7.58. The van der Waals surface area contributed by atoms with E-state index in [1.165, 1.54) is 6.92 Å². The van der Waals surface area contributed by atoms with Gasteiger partial charge >= 0.3 is 6.18 Å². The third-order valence-electron chi connectivity index (χ3n) is 5.42. The standard InChI is InChI=1S/C20H23F3N6O2/c1-13(30)29-5-3-14(12-29)16-11-18(27-19(25-16)28-6-8-31-9-7-28)26-17-10-15(2-4-24-17)20(21,22)23/h2,4,10-11,14H,3,5-9,12H2,1H3,(H,24,25,26,27). The molecule has 11 heteroatoms. The number of hydrogen-bond donors (Lipinski definition) is 1.